The largest absolute Gasteiger partial charge is 0.383 e. The number of nitrogens with zero attached hydrogens (tertiary/aromatic N) is 1. The summed E-state index contributed by atoms with van der Waals surface area (Å²) in [7, 11) is 1.77. The van der Waals surface area contributed by atoms with Gasteiger partial charge in [0.2, 0.25) is 0 Å². The Balaban J connectivity index is 2.46. The highest BCUT2D eigenvalue weighted by atomic mass is 16.5. The molecule has 3 unspecified atom stereocenters. The Morgan fingerprint density at radius 3 is 2.65 bits per heavy atom. The number of nitrogens with two attached hydrogens (primary N) is 1. The van der Waals surface area contributed by atoms with Gasteiger partial charge in [-0.2, -0.15) is 0 Å². The van der Waals surface area contributed by atoms with E-state index in [0.29, 0.717) is 18.0 Å². The van der Waals surface area contributed by atoms with Crippen LogP contribution in [0.1, 0.15) is 40.0 Å². The number of ether oxygens (including phenoxy) is 1. The normalized spacial score (nSPS) is 30.2. The third kappa shape index (κ3) is 4.94. The van der Waals surface area contributed by atoms with Crippen molar-refractivity contribution in [2.24, 2.45) is 17.6 Å². The predicted octanol–water partition coefficient (Wildman–Crippen LogP) is 2.11. The van der Waals surface area contributed by atoms with E-state index in [1.807, 2.05) is 0 Å². The lowest BCUT2D eigenvalue weighted by Gasteiger charge is -2.37. The Kier molecular flexibility index (Phi) is 6.45. The monoisotopic (exact) mass is 242 g/mol. The van der Waals surface area contributed by atoms with Crippen LogP contribution in [0, 0.1) is 11.8 Å². The van der Waals surface area contributed by atoms with Crippen molar-refractivity contribution < 1.29 is 4.74 Å². The van der Waals surface area contributed by atoms with E-state index in [-0.39, 0.29) is 0 Å². The van der Waals surface area contributed by atoms with Gasteiger partial charge >= 0.3 is 0 Å². The molecule has 0 saturated heterocycles. The lowest BCUT2D eigenvalue weighted by atomic mass is 9.79. The van der Waals surface area contributed by atoms with E-state index in [2.05, 4.69) is 25.7 Å². The fourth-order valence-corrected chi connectivity index (χ4v) is 2.80. The summed E-state index contributed by atoms with van der Waals surface area (Å²) in [6, 6.07) is 0.976. The third-order valence-corrected chi connectivity index (χ3v) is 4.09. The Hall–Kier alpha value is -0.120. The summed E-state index contributed by atoms with van der Waals surface area (Å²) in [6.45, 7) is 9.84. The highest BCUT2D eigenvalue weighted by molar-refractivity contribution is 4.83. The van der Waals surface area contributed by atoms with E-state index < -0.39 is 0 Å². The van der Waals surface area contributed by atoms with Crippen molar-refractivity contribution in [3.63, 3.8) is 0 Å². The van der Waals surface area contributed by atoms with Crippen LogP contribution in [0.3, 0.4) is 0 Å². The first-order valence-electron chi connectivity index (χ1n) is 7.03. The van der Waals surface area contributed by atoms with E-state index in [0.717, 1.165) is 25.6 Å². The molecule has 17 heavy (non-hydrogen) atoms. The molecule has 1 fully saturated rings. The van der Waals surface area contributed by atoms with Crippen molar-refractivity contribution in [2.45, 2.75) is 52.1 Å². The highest BCUT2D eigenvalue weighted by Crippen LogP contribution is 2.28. The molecule has 0 spiro atoms. The van der Waals surface area contributed by atoms with E-state index in [4.69, 9.17) is 10.5 Å². The maximum Gasteiger partial charge on any atom is 0.0589 e. The van der Waals surface area contributed by atoms with Crippen LogP contribution in [0.5, 0.6) is 0 Å². The first kappa shape index (κ1) is 14.9. The number of hydrogen-bond donors (Lipinski definition) is 1. The van der Waals surface area contributed by atoms with Gasteiger partial charge in [-0.25, -0.2) is 0 Å². The van der Waals surface area contributed by atoms with Crippen molar-refractivity contribution in [3.05, 3.63) is 0 Å². The van der Waals surface area contributed by atoms with Gasteiger partial charge in [-0.15, -0.1) is 0 Å². The molecule has 102 valence electrons. The van der Waals surface area contributed by atoms with Crippen LogP contribution in [0.15, 0.2) is 0 Å². The van der Waals surface area contributed by atoms with Gasteiger partial charge in [-0.3, -0.25) is 4.90 Å². The number of rotatable bonds is 6. The molecule has 0 aromatic heterocycles. The molecule has 0 bridgehead atoms. The molecule has 2 N–H and O–H groups in total. The molecule has 0 amide bonds. The fourth-order valence-electron chi connectivity index (χ4n) is 2.80. The minimum Gasteiger partial charge on any atom is -0.383 e. The quantitative estimate of drug-likeness (QED) is 0.775. The van der Waals surface area contributed by atoms with Gasteiger partial charge in [0.25, 0.3) is 0 Å². The zero-order valence-corrected chi connectivity index (χ0v) is 12.0. The molecule has 0 heterocycles. The zero-order valence-electron chi connectivity index (χ0n) is 12.0. The summed E-state index contributed by atoms with van der Waals surface area (Å²) in [5.41, 5.74) is 6.26. The van der Waals surface area contributed by atoms with Crippen LogP contribution < -0.4 is 5.73 Å². The second kappa shape index (κ2) is 7.34. The van der Waals surface area contributed by atoms with Crippen LogP contribution in [0.25, 0.3) is 0 Å². The highest BCUT2D eigenvalue weighted by Gasteiger charge is 2.28. The molecule has 1 aliphatic carbocycles. The van der Waals surface area contributed by atoms with Crippen LogP contribution in [-0.2, 0) is 4.74 Å². The Morgan fingerprint density at radius 1 is 1.35 bits per heavy atom. The van der Waals surface area contributed by atoms with Crippen LogP contribution in [0.4, 0.5) is 0 Å². The molecule has 0 aromatic rings. The Labute approximate surface area is 107 Å². The summed E-state index contributed by atoms with van der Waals surface area (Å²) >= 11 is 0. The average Bonchev–Trinajstić information content (AvgIpc) is 2.28. The topological polar surface area (TPSA) is 38.5 Å². The maximum atomic E-state index is 6.26. The summed E-state index contributed by atoms with van der Waals surface area (Å²) < 4.78 is 5.19. The molecule has 0 aliphatic heterocycles. The summed E-state index contributed by atoms with van der Waals surface area (Å²) in [5.74, 6) is 1.51. The summed E-state index contributed by atoms with van der Waals surface area (Å²) in [4.78, 5) is 2.51. The molecule has 1 rings (SSSR count). The molecule has 1 aliphatic rings. The Bertz CT molecular complexity index is 208. The smallest absolute Gasteiger partial charge is 0.0589 e. The van der Waals surface area contributed by atoms with Crippen LogP contribution in [0.2, 0.25) is 0 Å². The number of methoxy groups -OCH3 is 1. The molecule has 1 saturated carbocycles. The van der Waals surface area contributed by atoms with Gasteiger partial charge in [0.1, 0.15) is 0 Å². The fraction of sp³-hybridized carbons (Fsp3) is 1.00. The second-order valence-corrected chi connectivity index (χ2v) is 5.92. The lowest BCUT2D eigenvalue weighted by Crippen LogP contribution is -2.45. The van der Waals surface area contributed by atoms with E-state index in [1.165, 1.54) is 19.3 Å². The second-order valence-electron chi connectivity index (χ2n) is 5.92. The van der Waals surface area contributed by atoms with Crippen molar-refractivity contribution in [2.75, 3.05) is 26.8 Å². The molecule has 3 heteroatoms. The first-order chi connectivity index (χ1) is 8.04. The van der Waals surface area contributed by atoms with Crippen LogP contribution in [-0.4, -0.2) is 43.8 Å². The molecule has 3 nitrogen and oxygen atoms in total. The Morgan fingerprint density at radius 2 is 2.06 bits per heavy atom. The molecular weight excluding hydrogens is 212 g/mol. The maximum absolute atomic E-state index is 6.26. The van der Waals surface area contributed by atoms with Crippen LogP contribution >= 0.6 is 0 Å². The molecule has 0 aromatic carbocycles. The van der Waals surface area contributed by atoms with E-state index in [9.17, 15) is 0 Å². The minimum absolute atomic E-state index is 0.398. The van der Waals surface area contributed by atoms with E-state index in [1.54, 1.807) is 7.11 Å². The van der Waals surface area contributed by atoms with Gasteiger partial charge in [0.15, 0.2) is 0 Å². The summed E-state index contributed by atoms with van der Waals surface area (Å²) in [6.07, 6.45) is 3.79. The third-order valence-electron chi connectivity index (χ3n) is 4.09. The molecule has 3 atom stereocenters. The van der Waals surface area contributed by atoms with Gasteiger partial charge in [-0.05, 0) is 44.9 Å². The average molecular weight is 242 g/mol. The molecule has 0 radical (unpaired) electrons. The van der Waals surface area contributed by atoms with Crippen molar-refractivity contribution in [1.29, 1.82) is 0 Å². The van der Waals surface area contributed by atoms with Crippen molar-refractivity contribution >= 4 is 0 Å². The van der Waals surface area contributed by atoms with Gasteiger partial charge in [0, 0.05) is 32.3 Å². The van der Waals surface area contributed by atoms with Crippen molar-refractivity contribution in [3.8, 4) is 0 Å². The SMILES string of the molecule is COCCN(CC1CC(C)CCC1N)C(C)C. The summed E-state index contributed by atoms with van der Waals surface area (Å²) in [5, 5.41) is 0. The lowest BCUT2D eigenvalue weighted by molar-refractivity contribution is 0.0968. The molecular formula is C14H30N2O. The standard InChI is InChI=1S/C14H30N2O/c1-11(2)16(7-8-17-4)10-13-9-12(3)5-6-14(13)15/h11-14H,5-10,15H2,1-4H3. The van der Waals surface area contributed by atoms with Crippen molar-refractivity contribution in [1.82, 2.24) is 4.90 Å². The van der Waals surface area contributed by atoms with E-state index >= 15 is 0 Å². The van der Waals surface area contributed by atoms with Gasteiger partial charge in [0.05, 0.1) is 6.61 Å². The van der Waals surface area contributed by atoms with Gasteiger partial charge in [-0.1, -0.05) is 6.92 Å². The van der Waals surface area contributed by atoms with Gasteiger partial charge < -0.3 is 10.5 Å². The first-order valence-corrected chi connectivity index (χ1v) is 7.03. The number of hydrogen-bond acceptors (Lipinski definition) is 3. The predicted molar refractivity (Wildman–Crippen MR) is 73.1 cm³/mol. The zero-order chi connectivity index (χ0) is 12.8. The minimum atomic E-state index is 0.398.